The average molecular weight is 453 g/mol. The van der Waals surface area contributed by atoms with Crippen LogP contribution in [0.4, 0.5) is 0 Å². The van der Waals surface area contributed by atoms with Crippen LogP contribution in [0.2, 0.25) is 0 Å². The van der Waals surface area contributed by atoms with Crippen LogP contribution in [0.5, 0.6) is 0 Å². The van der Waals surface area contributed by atoms with Gasteiger partial charge in [-0.25, -0.2) is 0 Å². The first-order chi connectivity index (χ1) is 16.2. The molecule has 0 aromatic heterocycles. The zero-order valence-corrected chi connectivity index (χ0v) is 22.8. The molecule has 2 aromatic carbocycles. The maximum atomic E-state index is 2.62. The molecule has 2 aromatic rings. The highest BCUT2D eigenvalue weighted by Gasteiger charge is 2.36. The minimum absolute atomic E-state index is 0.577. The summed E-state index contributed by atoms with van der Waals surface area (Å²) in [6, 6.07) is 9.74. The van der Waals surface area contributed by atoms with Gasteiger partial charge < -0.3 is 0 Å². The minimum Gasteiger partial charge on any atom is -0.0620 e. The van der Waals surface area contributed by atoms with Crippen LogP contribution in [0, 0.1) is 0 Å². The summed E-state index contributed by atoms with van der Waals surface area (Å²) >= 11 is 0. The van der Waals surface area contributed by atoms with Gasteiger partial charge in [-0.3, -0.25) is 0 Å². The van der Waals surface area contributed by atoms with E-state index >= 15 is 0 Å². The van der Waals surface area contributed by atoms with Crippen LogP contribution < -0.4 is 0 Å². The van der Waals surface area contributed by atoms with Gasteiger partial charge in [0.05, 0.1) is 0 Å². The lowest BCUT2D eigenvalue weighted by molar-refractivity contribution is 0.572. The molecule has 1 saturated carbocycles. The Morgan fingerprint density at radius 3 is 1.15 bits per heavy atom. The van der Waals surface area contributed by atoms with Crippen molar-refractivity contribution < 1.29 is 0 Å². The van der Waals surface area contributed by atoms with Gasteiger partial charge in [0.25, 0.3) is 0 Å². The van der Waals surface area contributed by atoms with E-state index in [1.807, 2.05) is 0 Å². The number of rotatable bonds is 4. The Labute approximate surface area is 208 Å². The predicted octanol–water partition coefficient (Wildman–Crippen LogP) is 10.4. The lowest BCUT2D eigenvalue weighted by atomic mass is 9.75. The highest BCUT2D eigenvalue weighted by atomic mass is 14.4. The van der Waals surface area contributed by atoms with Crippen molar-refractivity contribution in [2.24, 2.45) is 0 Å². The molecule has 1 fully saturated rings. The van der Waals surface area contributed by atoms with Gasteiger partial charge in [-0.05, 0) is 93.9 Å². The van der Waals surface area contributed by atoms with E-state index in [0.29, 0.717) is 35.5 Å². The fraction of sp³-hybridized carbons (Fsp3) is 0.529. The lowest BCUT2D eigenvalue weighted by Gasteiger charge is -2.29. The topological polar surface area (TPSA) is 0 Å². The molecule has 3 aliphatic rings. The number of fused-ring (bicyclic) bond motifs is 6. The third-order valence-electron chi connectivity index (χ3n) is 8.89. The molecule has 34 heavy (non-hydrogen) atoms. The Bertz CT molecular complexity index is 1070. The molecule has 0 bridgehead atoms. The molecule has 0 saturated heterocycles. The standard InChI is InChI=1S/C34H44/c1-19(2)25-13-15-27(21(5)6)33-29-11-10-24-18-32-26(20(3)4)14-16-28(22(7)8)34(32)30(24)12-9-23(29)17-31(25)33/h13-22,29-30H,9-12H2,1-8H3. The van der Waals surface area contributed by atoms with E-state index in [9.17, 15) is 0 Å². The van der Waals surface area contributed by atoms with Crippen LogP contribution in [-0.2, 0) is 0 Å². The average Bonchev–Trinajstić information content (AvgIpc) is 3.30. The summed E-state index contributed by atoms with van der Waals surface area (Å²) in [5, 5.41) is 0. The van der Waals surface area contributed by atoms with E-state index in [-0.39, 0.29) is 0 Å². The van der Waals surface area contributed by atoms with E-state index in [4.69, 9.17) is 0 Å². The van der Waals surface area contributed by atoms with Crippen molar-refractivity contribution in [1.29, 1.82) is 0 Å². The molecule has 5 rings (SSSR count). The van der Waals surface area contributed by atoms with E-state index < -0.39 is 0 Å². The van der Waals surface area contributed by atoms with Gasteiger partial charge >= 0.3 is 0 Å². The molecule has 2 atom stereocenters. The van der Waals surface area contributed by atoms with Gasteiger partial charge in [0.1, 0.15) is 0 Å². The van der Waals surface area contributed by atoms with Gasteiger partial charge in [-0.15, -0.1) is 0 Å². The SMILES string of the molecule is CC(C)c1ccc(C(C)C)c2c1C=C1CCC3C(=Cc4c(C(C)C)ccc(C(C)C)c43)CCC12. The van der Waals surface area contributed by atoms with Crippen molar-refractivity contribution in [2.45, 2.75) is 117 Å². The van der Waals surface area contributed by atoms with Crippen molar-refractivity contribution in [2.75, 3.05) is 0 Å². The second-order valence-corrected chi connectivity index (χ2v) is 12.4. The fourth-order valence-electron chi connectivity index (χ4n) is 7.17. The van der Waals surface area contributed by atoms with Crippen molar-refractivity contribution in [3.8, 4) is 0 Å². The molecule has 180 valence electrons. The second-order valence-electron chi connectivity index (χ2n) is 12.4. The Morgan fingerprint density at radius 2 is 0.824 bits per heavy atom. The largest absolute Gasteiger partial charge is 0.0620 e. The summed E-state index contributed by atoms with van der Waals surface area (Å²) < 4.78 is 0. The van der Waals surface area contributed by atoms with Crippen molar-refractivity contribution in [1.82, 2.24) is 0 Å². The molecule has 0 N–H and O–H groups in total. The normalized spacial score (nSPS) is 21.3. The first-order valence-electron chi connectivity index (χ1n) is 13.9. The molecule has 0 amide bonds. The molecular formula is C34H44. The smallest absolute Gasteiger partial charge is 0.00634 e. The van der Waals surface area contributed by atoms with E-state index in [0.717, 1.165) is 0 Å². The molecule has 0 heterocycles. The van der Waals surface area contributed by atoms with Crippen molar-refractivity contribution in [3.05, 3.63) is 79.9 Å². The Hall–Kier alpha value is -2.08. The minimum atomic E-state index is 0.577. The first-order valence-corrected chi connectivity index (χ1v) is 13.9. The number of hydrogen-bond donors (Lipinski definition) is 0. The molecule has 0 nitrogen and oxygen atoms in total. The molecule has 0 radical (unpaired) electrons. The van der Waals surface area contributed by atoms with Crippen LogP contribution in [0.15, 0.2) is 35.4 Å². The second kappa shape index (κ2) is 8.85. The van der Waals surface area contributed by atoms with Crippen molar-refractivity contribution in [3.63, 3.8) is 0 Å². The molecule has 3 aliphatic carbocycles. The summed E-state index contributed by atoms with van der Waals surface area (Å²) in [6.07, 6.45) is 10.3. The van der Waals surface area contributed by atoms with Gasteiger partial charge in [0.2, 0.25) is 0 Å². The number of allylic oxidation sites excluding steroid dienone is 2. The summed E-state index contributed by atoms with van der Waals surface area (Å²) in [6.45, 7) is 18.9. The number of benzene rings is 2. The van der Waals surface area contributed by atoms with Gasteiger partial charge in [-0.2, -0.15) is 0 Å². The zero-order chi connectivity index (χ0) is 24.3. The summed E-state index contributed by atoms with van der Waals surface area (Å²) in [5.74, 6) is 3.55. The maximum Gasteiger partial charge on any atom is 0.00634 e. The monoisotopic (exact) mass is 452 g/mol. The zero-order valence-electron chi connectivity index (χ0n) is 22.8. The van der Waals surface area contributed by atoms with Crippen LogP contribution in [0.3, 0.4) is 0 Å². The maximum absolute atomic E-state index is 2.62. The Morgan fingerprint density at radius 1 is 0.500 bits per heavy atom. The Kier molecular flexibility index (Phi) is 6.16. The van der Waals surface area contributed by atoms with Gasteiger partial charge in [0.15, 0.2) is 0 Å². The summed E-state index contributed by atoms with van der Waals surface area (Å²) in [5.41, 5.74) is 16.2. The molecule has 0 aliphatic heterocycles. The quantitative estimate of drug-likeness (QED) is 0.433. The molecule has 0 heteroatoms. The lowest BCUT2D eigenvalue weighted by Crippen LogP contribution is -2.12. The van der Waals surface area contributed by atoms with Crippen LogP contribution >= 0.6 is 0 Å². The van der Waals surface area contributed by atoms with Crippen LogP contribution in [0.25, 0.3) is 12.2 Å². The number of hydrogen-bond acceptors (Lipinski definition) is 0. The van der Waals surface area contributed by atoms with E-state index in [2.05, 4.69) is 91.8 Å². The molecular weight excluding hydrogens is 408 g/mol. The van der Waals surface area contributed by atoms with Crippen molar-refractivity contribution >= 4 is 12.2 Å². The molecule has 0 spiro atoms. The van der Waals surface area contributed by atoms with Gasteiger partial charge in [-0.1, -0.05) is 103 Å². The van der Waals surface area contributed by atoms with Crippen LogP contribution in [0.1, 0.15) is 161 Å². The summed E-state index contributed by atoms with van der Waals surface area (Å²) in [4.78, 5) is 0. The van der Waals surface area contributed by atoms with Gasteiger partial charge in [0, 0.05) is 11.8 Å². The third-order valence-corrected chi connectivity index (χ3v) is 8.89. The summed E-state index contributed by atoms with van der Waals surface area (Å²) in [7, 11) is 0. The van der Waals surface area contributed by atoms with Crippen LogP contribution in [-0.4, -0.2) is 0 Å². The van der Waals surface area contributed by atoms with E-state index in [1.165, 1.54) is 25.7 Å². The predicted molar refractivity (Wildman–Crippen MR) is 149 cm³/mol. The third kappa shape index (κ3) is 3.73. The Balaban J connectivity index is 1.57. The molecule has 2 unspecified atom stereocenters. The highest BCUT2D eigenvalue weighted by molar-refractivity contribution is 5.74. The fourth-order valence-corrected chi connectivity index (χ4v) is 7.17. The first kappa shape index (κ1) is 23.7. The highest BCUT2D eigenvalue weighted by Crippen LogP contribution is 2.54. The van der Waals surface area contributed by atoms with E-state index in [1.54, 1.807) is 55.7 Å².